The van der Waals surface area contributed by atoms with Crippen molar-refractivity contribution in [3.05, 3.63) is 53.9 Å². The standard InChI is InChI=1S/C18H18F2N4O/c1-11(2)9-21-18(25)13-10-22-24-15(16(19)20)8-14(23-17(13)24)12-6-4-3-5-7-12/h3-8,10-11,16H,9H2,1-2H3,(H,21,25). The molecule has 0 fully saturated rings. The quantitative estimate of drug-likeness (QED) is 0.767. The summed E-state index contributed by atoms with van der Waals surface area (Å²) in [5, 5.41) is 6.70. The minimum atomic E-state index is -2.74. The molecule has 0 radical (unpaired) electrons. The lowest BCUT2D eigenvalue weighted by atomic mass is 10.1. The number of amides is 1. The van der Waals surface area contributed by atoms with Crippen LogP contribution in [0.5, 0.6) is 0 Å². The molecule has 0 unspecified atom stereocenters. The van der Waals surface area contributed by atoms with Crippen LogP contribution in [0.25, 0.3) is 16.9 Å². The number of fused-ring (bicyclic) bond motifs is 1. The molecule has 0 aliphatic heterocycles. The molecular formula is C18H18F2N4O. The van der Waals surface area contributed by atoms with Crippen LogP contribution in [0, 0.1) is 5.92 Å². The molecule has 0 bridgehead atoms. The van der Waals surface area contributed by atoms with E-state index in [1.54, 1.807) is 24.3 Å². The van der Waals surface area contributed by atoms with Gasteiger partial charge in [-0.3, -0.25) is 4.79 Å². The van der Waals surface area contributed by atoms with E-state index < -0.39 is 6.43 Å². The molecule has 7 heteroatoms. The first kappa shape index (κ1) is 17.0. The predicted octanol–water partition coefficient (Wildman–Crippen LogP) is 3.72. The fraction of sp³-hybridized carbons (Fsp3) is 0.278. The van der Waals surface area contributed by atoms with Crippen molar-refractivity contribution in [2.24, 2.45) is 5.92 Å². The Morgan fingerprint density at radius 2 is 1.96 bits per heavy atom. The third-order valence-electron chi connectivity index (χ3n) is 3.71. The molecule has 0 aliphatic rings. The first-order chi connectivity index (χ1) is 12.0. The van der Waals surface area contributed by atoms with Crippen LogP contribution in [0.3, 0.4) is 0 Å². The van der Waals surface area contributed by atoms with E-state index in [0.29, 0.717) is 17.8 Å². The Hall–Kier alpha value is -2.83. The Morgan fingerprint density at radius 3 is 2.60 bits per heavy atom. The fourth-order valence-electron chi connectivity index (χ4n) is 2.45. The lowest BCUT2D eigenvalue weighted by Crippen LogP contribution is -2.27. The lowest BCUT2D eigenvalue weighted by Gasteiger charge is -2.09. The predicted molar refractivity (Wildman–Crippen MR) is 90.6 cm³/mol. The van der Waals surface area contributed by atoms with Crippen molar-refractivity contribution in [2.45, 2.75) is 20.3 Å². The van der Waals surface area contributed by atoms with Crippen LogP contribution < -0.4 is 5.32 Å². The third kappa shape index (κ3) is 3.50. The van der Waals surface area contributed by atoms with Crippen molar-refractivity contribution in [3.8, 4) is 11.3 Å². The van der Waals surface area contributed by atoms with Crippen LogP contribution >= 0.6 is 0 Å². The van der Waals surface area contributed by atoms with E-state index in [0.717, 1.165) is 4.52 Å². The van der Waals surface area contributed by atoms with E-state index in [2.05, 4.69) is 15.4 Å². The smallest absolute Gasteiger partial charge is 0.280 e. The zero-order valence-electron chi connectivity index (χ0n) is 13.9. The summed E-state index contributed by atoms with van der Waals surface area (Å²) in [7, 11) is 0. The average Bonchev–Trinajstić information content (AvgIpc) is 3.03. The number of rotatable bonds is 5. The zero-order valence-corrected chi connectivity index (χ0v) is 13.9. The van der Waals surface area contributed by atoms with E-state index in [9.17, 15) is 13.6 Å². The van der Waals surface area contributed by atoms with Crippen molar-refractivity contribution in [1.82, 2.24) is 19.9 Å². The van der Waals surface area contributed by atoms with Gasteiger partial charge in [0.1, 0.15) is 11.3 Å². The average molecular weight is 344 g/mol. The maximum atomic E-state index is 13.5. The van der Waals surface area contributed by atoms with Gasteiger partial charge in [0.2, 0.25) is 0 Å². The van der Waals surface area contributed by atoms with E-state index in [1.807, 2.05) is 19.9 Å². The number of alkyl halides is 2. The maximum absolute atomic E-state index is 13.5. The number of hydrogen-bond donors (Lipinski definition) is 1. The molecule has 0 atom stereocenters. The van der Waals surface area contributed by atoms with Crippen molar-refractivity contribution in [2.75, 3.05) is 6.54 Å². The molecule has 1 amide bonds. The summed E-state index contributed by atoms with van der Waals surface area (Å²) in [5.74, 6) is -0.100. The number of benzene rings is 1. The van der Waals surface area contributed by atoms with Gasteiger partial charge < -0.3 is 5.32 Å². The monoisotopic (exact) mass is 344 g/mol. The molecule has 3 aromatic rings. The first-order valence-electron chi connectivity index (χ1n) is 7.98. The SMILES string of the molecule is CC(C)CNC(=O)c1cnn2c(C(F)F)cc(-c3ccccc3)nc12. The topological polar surface area (TPSA) is 59.3 Å². The first-order valence-corrected chi connectivity index (χ1v) is 7.98. The van der Waals surface area contributed by atoms with E-state index in [-0.39, 0.29) is 28.7 Å². The van der Waals surface area contributed by atoms with Crippen molar-refractivity contribution in [3.63, 3.8) is 0 Å². The van der Waals surface area contributed by atoms with Gasteiger partial charge in [0.15, 0.2) is 5.65 Å². The van der Waals surface area contributed by atoms with Gasteiger partial charge >= 0.3 is 0 Å². The second-order valence-corrected chi connectivity index (χ2v) is 6.13. The molecule has 25 heavy (non-hydrogen) atoms. The molecule has 1 aromatic carbocycles. The Labute approximate surface area is 143 Å². The summed E-state index contributed by atoms with van der Waals surface area (Å²) in [6, 6.07) is 10.3. The van der Waals surface area contributed by atoms with Gasteiger partial charge in [0.05, 0.1) is 11.9 Å². The second-order valence-electron chi connectivity index (χ2n) is 6.13. The van der Waals surface area contributed by atoms with Gasteiger partial charge in [-0.05, 0) is 12.0 Å². The molecule has 0 aliphatic carbocycles. The summed E-state index contributed by atoms with van der Waals surface area (Å²) in [6.45, 7) is 4.42. The lowest BCUT2D eigenvalue weighted by molar-refractivity contribution is 0.0950. The van der Waals surface area contributed by atoms with Gasteiger partial charge in [-0.2, -0.15) is 5.10 Å². The van der Waals surface area contributed by atoms with Crippen LogP contribution in [-0.4, -0.2) is 27.0 Å². The van der Waals surface area contributed by atoms with E-state index in [4.69, 9.17) is 0 Å². The highest BCUT2D eigenvalue weighted by Gasteiger charge is 2.21. The number of hydrogen-bond acceptors (Lipinski definition) is 3. The molecule has 3 rings (SSSR count). The molecule has 2 heterocycles. The number of nitrogens with one attached hydrogen (secondary N) is 1. The molecule has 5 nitrogen and oxygen atoms in total. The molecule has 2 aromatic heterocycles. The summed E-state index contributed by atoms with van der Waals surface area (Å²) in [6.07, 6.45) is -1.46. The molecular weight excluding hydrogens is 326 g/mol. The van der Waals surface area contributed by atoms with Crippen LogP contribution in [0.4, 0.5) is 8.78 Å². The highest BCUT2D eigenvalue weighted by atomic mass is 19.3. The van der Waals surface area contributed by atoms with E-state index >= 15 is 0 Å². The minimum absolute atomic E-state index is 0.123. The number of halogens is 2. The number of carbonyl (C=O) groups is 1. The molecule has 0 saturated carbocycles. The van der Waals surface area contributed by atoms with Gasteiger partial charge in [0, 0.05) is 12.1 Å². The highest BCUT2D eigenvalue weighted by molar-refractivity contribution is 5.99. The second kappa shape index (κ2) is 6.96. The molecule has 0 spiro atoms. The maximum Gasteiger partial charge on any atom is 0.280 e. The van der Waals surface area contributed by atoms with Crippen LogP contribution in [0.15, 0.2) is 42.6 Å². The van der Waals surface area contributed by atoms with Crippen LogP contribution in [-0.2, 0) is 0 Å². The summed E-state index contributed by atoms with van der Waals surface area (Å²) >= 11 is 0. The van der Waals surface area contributed by atoms with Crippen molar-refractivity contribution >= 4 is 11.6 Å². The Balaban J connectivity index is 2.12. The summed E-state index contributed by atoms with van der Waals surface area (Å²) < 4.78 is 28.0. The highest BCUT2D eigenvalue weighted by Crippen LogP contribution is 2.26. The van der Waals surface area contributed by atoms with Gasteiger partial charge in [0.25, 0.3) is 12.3 Å². The van der Waals surface area contributed by atoms with Crippen molar-refractivity contribution < 1.29 is 13.6 Å². The van der Waals surface area contributed by atoms with Gasteiger partial charge in [-0.25, -0.2) is 18.3 Å². The fourth-order valence-corrected chi connectivity index (χ4v) is 2.45. The Bertz CT molecular complexity index is 891. The minimum Gasteiger partial charge on any atom is -0.352 e. The largest absolute Gasteiger partial charge is 0.352 e. The van der Waals surface area contributed by atoms with Gasteiger partial charge in [-0.15, -0.1) is 0 Å². The van der Waals surface area contributed by atoms with Crippen LogP contribution in [0.1, 0.15) is 36.3 Å². The Morgan fingerprint density at radius 1 is 1.24 bits per heavy atom. The number of nitrogens with zero attached hydrogens (tertiary/aromatic N) is 3. The zero-order chi connectivity index (χ0) is 18.0. The van der Waals surface area contributed by atoms with Gasteiger partial charge in [-0.1, -0.05) is 44.2 Å². The number of carbonyl (C=O) groups excluding carboxylic acids is 1. The van der Waals surface area contributed by atoms with Crippen LogP contribution in [0.2, 0.25) is 0 Å². The summed E-state index contributed by atoms with van der Waals surface area (Å²) in [4.78, 5) is 16.8. The Kier molecular flexibility index (Phi) is 4.74. The van der Waals surface area contributed by atoms with E-state index in [1.165, 1.54) is 12.3 Å². The van der Waals surface area contributed by atoms with Crippen molar-refractivity contribution in [1.29, 1.82) is 0 Å². The normalized spacial score (nSPS) is 11.4. The molecule has 0 saturated heterocycles. The molecule has 130 valence electrons. The molecule has 1 N–H and O–H groups in total. The summed E-state index contributed by atoms with van der Waals surface area (Å²) in [5.41, 5.74) is 1.08. The number of aromatic nitrogens is 3. The third-order valence-corrected chi connectivity index (χ3v) is 3.71.